The molecule has 134 valence electrons. The SMILES string of the molecule is CN(C)c1ccc(-c2nnc([C@H]3CCN(C4CCCCC4)C3)o2)cc1. The lowest BCUT2D eigenvalue weighted by atomic mass is 9.94. The Kier molecular flexibility index (Phi) is 4.75. The van der Waals surface area contributed by atoms with E-state index in [4.69, 9.17) is 4.42 Å². The van der Waals surface area contributed by atoms with Gasteiger partial charge in [0.2, 0.25) is 11.8 Å². The van der Waals surface area contributed by atoms with Crippen LogP contribution in [0.15, 0.2) is 28.7 Å². The molecule has 25 heavy (non-hydrogen) atoms. The van der Waals surface area contributed by atoms with Crippen molar-refractivity contribution in [1.29, 1.82) is 0 Å². The molecule has 0 spiro atoms. The highest BCUT2D eigenvalue weighted by molar-refractivity contribution is 5.58. The van der Waals surface area contributed by atoms with Crippen LogP contribution in [0, 0.1) is 0 Å². The highest BCUT2D eigenvalue weighted by Gasteiger charge is 2.32. The molecule has 2 aliphatic rings. The van der Waals surface area contributed by atoms with Crippen molar-refractivity contribution in [3.05, 3.63) is 30.2 Å². The van der Waals surface area contributed by atoms with E-state index < -0.39 is 0 Å². The first-order valence-corrected chi connectivity index (χ1v) is 9.56. The second kappa shape index (κ2) is 7.16. The number of anilines is 1. The zero-order valence-electron chi connectivity index (χ0n) is 15.3. The van der Waals surface area contributed by atoms with Crippen LogP contribution in [0.25, 0.3) is 11.5 Å². The van der Waals surface area contributed by atoms with Gasteiger partial charge in [0.15, 0.2) is 0 Å². The number of rotatable bonds is 4. The van der Waals surface area contributed by atoms with Gasteiger partial charge in [0.1, 0.15) is 0 Å². The predicted octanol–water partition coefficient (Wildman–Crippen LogP) is 3.92. The zero-order valence-corrected chi connectivity index (χ0v) is 15.3. The normalized spacial score (nSPS) is 22.4. The van der Waals surface area contributed by atoms with Crippen LogP contribution in [-0.4, -0.2) is 48.3 Å². The molecule has 0 unspecified atom stereocenters. The summed E-state index contributed by atoms with van der Waals surface area (Å²) in [4.78, 5) is 4.74. The molecule has 1 aliphatic heterocycles. The van der Waals surface area contributed by atoms with Crippen molar-refractivity contribution >= 4 is 5.69 Å². The molecule has 5 nitrogen and oxygen atoms in total. The number of aromatic nitrogens is 2. The Labute approximate surface area is 150 Å². The Morgan fingerprint density at radius 3 is 2.48 bits per heavy atom. The molecule has 1 saturated heterocycles. The van der Waals surface area contributed by atoms with Gasteiger partial charge in [0.05, 0.1) is 5.92 Å². The number of likely N-dealkylation sites (tertiary alicyclic amines) is 1. The van der Waals surface area contributed by atoms with Crippen LogP contribution < -0.4 is 4.90 Å². The van der Waals surface area contributed by atoms with Crippen molar-refractivity contribution in [2.45, 2.75) is 50.5 Å². The van der Waals surface area contributed by atoms with Crippen molar-refractivity contribution in [3.8, 4) is 11.5 Å². The Hall–Kier alpha value is -1.88. The molecule has 1 aliphatic carbocycles. The van der Waals surface area contributed by atoms with Crippen LogP contribution in [0.4, 0.5) is 5.69 Å². The molecule has 0 radical (unpaired) electrons. The topological polar surface area (TPSA) is 45.4 Å². The lowest BCUT2D eigenvalue weighted by molar-refractivity contribution is 0.187. The first-order chi connectivity index (χ1) is 12.2. The first-order valence-electron chi connectivity index (χ1n) is 9.56. The highest BCUT2D eigenvalue weighted by atomic mass is 16.4. The maximum atomic E-state index is 6.03. The van der Waals surface area contributed by atoms with Crippen LogP contribution in [-0.2, 0) is 0 Å². The molecule has 2 fully saturated rings. The average Bonchev–Trinajstić information content (AvgIpc) is 3.32. The van der Waals surface area contributed by atoms with Gasteiger partial charge in [-0.1, -0.05) is 19.3 Å². The summed E-state index contributed by atoms with van der Waals surface area (Å²) in [5, 5.41) is 8.65. The third kappa shape index (κ3) is 3.56. The van der Waals surface area contributed by atoms with Crippen LogP contribution in [0.3, 0.4) is 0 Å². The van der Waals surface area contributed by atoms with Crippen molar-refractivity contribution in [2.24, 2.45) is 0 Å². The van der Waals surface area contributed by atoms with Gasteiger partial charge in [-0.2, -0.15) is 0 Å². The quantitative estimate of drug-likeness (QED) is 0.844. The summed E-state index contributed by atoms with van der Waals surface area (Å²) < 4.78 is 6.03. The van der Waals surface area contributed by atoms with E-state index in [0.29, 0.717) is 11.8 Å². The minimum atomic E-state index is 0.393. The van der Waals surface area contributed by atoms with Crippen molar-refractivity contribution in [1.82, 2.24) is 15.1 Å². The summed E-state index contributed by atoms with van der Waals surface area (Å²) >= 11 is 0. The van der Waals surface area contributed by atoms with E-state index >= 15 is 0 Å². The molecule has 2 heterocycles. The smallest absolute Gasteiger partial charge is 0.247 e. The van der Waals surface area contributed by atoms with E-state index in [1.54, 1.807) is 0 Å². The summed E-state index contributed by atoms with van der Waals surface area (Å²) in [5.41, 5.74) is 2.16. The zero-order chi connectivity index (χ0) is 17.2. The van der Waals surface area contributed by atoms with Crippen LogP contribution in [0.1, 0.15) is 50.3 Å². The summed E-state index contributed by atoms with van der Waals surface area (Å²) in [7, 11) is 4.08. The molecule has 1 aromatic carbocycles. The maximum absolute atomic E-state index is 6.03. The van der Waals surface area contributed by atoms with Crippen LogP contribution >= 0.6 is 0 Å². The summed E-state index contributed by atoms with van der Waals surface area (Å²) in [6.07, 6.45) is 8.05. The van der Waals surface area contributed by atoms with Gasteiger partial charge >= 0.3 is 0 Å². The van der Waals surface area contributed by atoms with Crippen LogP contribution in [0.5, 0.6) is 0 Å². The number of hydrogen-bond donors (Lipinski definition) is 0. The molecule has 1 aromatic heterocycles. The van der Waals surface area contributed by atoms with E-state index in [9.17, 15) is 0 Å². The fraction of sp³-hybridized carbons (Fsp3) is 0.600. The Morgan fingerprint density at radius 2 is 1.76 bits per heavy atom. The molecule has 1 saturated carbocycles. The highest BCUT2D eigenvalue weighted by Crippen LogP contribution is 2.33. The summed E-state index contributed by atoms with van der Waals surface area (Å²) in [6.45, 7) is 2.25. The maximum Gasteiger partial charge on any atom is 0.247 e. The molecule has 5 heteroatoms. The van der Waals surface area contributed by atoms with Gasteiger partial charge in [-0.25, -0.2) is 0 Å². The molecule has 4 rings (SSSR count). The fourth-order valence-corrected chi connectivity index (χ4v) is 4.19. The van der Waals surface area contributed by atoms with Gasteiger partial charge < -0.3 is 9.32 Å². The van der Waals surface area contributed by atoms with E-state index in [-0.39, 0.29) is 0 Å². The van der Waals surface area contributed by atoms with E-state index in [1.807, 2.05) is 14.1 Å². The number of benzene rings is 1. The minimum Gasteiger partial charge on any atom is -0.420 e. The van der Waals surface area contributed by atoms with Crippen molar-refractivity contribution in [2.75, 3.05) is 32.1 Å². The molecular weight excluding hydrogens is 312 g/mol. The van der Waals surface area contributed by atoms with Crippen molar-refractivity contribution in [3.63, 3.8) is 0 Å². The van der Waals surface area contributed by atoms with E-state index in [1.165, 1.54) is 44.3 Å². The van der Waals surface area contributed by atoms with E-state index in [0.717, 1.165) is 30.5 Å². The number of nitrogens with zero attached hydrogens (tertiary/aromatic N) is 4. The number of hydrogen-bond acceptors (Lipinski definition) is 5. The van der Waals surface area contributed by atoms with Crippen molar-refractivity contribution < 1.29 is 4.42 Å². The first kappa shape index (κ1) is 16.6. The lowest BCUT2D eigenvalue weighted by Crippen LogP contribution is -2.34. The lowest BCUT2D eigenvalue weighted by Gasteiger charge is -2.30. The van der Waals surface area contributed by atoms with Gasteiger partial charge in [0, 0.05) is 37.9 Å². The molecule has 2 aromatic rings. The molecule has 0 amide bonds. The molecule has 1 atom stereocenters. The fourth-order valence-electron chi connectivity index (χ4n) is 4.19. The second-order valence-electron chi connectivity index (χ2n) is 7.66. The average molecular weight is 340 g/mol. The third-order valence-electron chi connectivity index (χ3n) is 5.73. The van der Waals surface area contributed by atoms with Crippen LogP contribution in [0.2, 0.25) is 0 Å². The molecular formula is C20H28N4O. The minimum absolute atomic E-state index is 0.393. The second-order valence-corrected chi connectivity index (χ2v) is 7.66. The summed E-state index contributed by atoms with van der Waals surface area (Å²) in [6, 6.07) is 9.05. The molecule has 0 bridgehead atoms. The Balaban J connectivity index is 1.42. The third-order valence-corrected chi connectivity index (χ3v) is 5.73. The van der Waals surface area contributed by atoms with E-state index in [2.05, 4.69) is 44.3 Å². The summed E-state index contributed by atoms with van der Waals surface area (Å²) in [5.74, 6) is 1.84. The Bertz CT molecular complexity index is 688. The monoisotopic (exact) mass is 340 g/mol. The molecule has 0 N–H and O–H groups in total. The predicted molar refractivity (Wildman–Crippen MR) is 99.9 cm³/mol. The van der Waals surface area contributed by atoms with Gasteiger partial charge in [-0.15, -0.1) is 10.2 Å². The standard InChI is InChI=1S/C20H28N4O/c1-23(2)17-10-8-15(9-11-17)19-21-22-20(25-19)16-12-13-24(14-16)18-6-4-3-5-7-18/h8-11,16,18H,3-7,12-14H2,1-2H3/t16-/m0/s1. The van der Waals surface area contributed by atoms with Gasteiger partial charge in [-0.3, -0.25) is 4.90 Å². The van der Waals surface area contributed by atoms with Gasteiger partial charge in [-0.05, 0) is 50.1 Å². The van der Waals surface area contributed by atoms with Gasteiger partial charge in [0.25, 0.3) is 0 Å². The Morgan fingerprint density at radius 1 is 1.00 bits per heavy atom. The largest absolute Gasteiger partial charge is 0.420 e.